The quantitative estimate of drug-likeness (QED) is 0.236. The molecule has 5 rings (SSSR count). The number of thioether (sulfide) groups is 1. The molecule has 4 heteroatoms. The van der Waals surface area contributed by atoms with E-state index in [2.05, 4.69) is 89.1 Å². The lowest BCUT2D eigenvalue weighted by atomic mass is 9.90. The van der Waals surface area contributed by atoms with Crippen LogP contribution in [0.25, 0.3) is 0 Å². The van der Waals surface area contributed by atoms with Crippen molar-refractivity contribution in [1.82, 2.24) is 4.90 Å². The third-order valence-corrected chi connectivity index (χ3v) is 8.14. The van der Waals surface area contributed by atoms with E-state index in [0.29, 0.717) is 5.56 Å². The SMILES string of the molecule is O=C(Nc1ccc(CSc2ccccc2)cc1)c1ccc(CN2CCC(Cc3ccccc3)CC2)cc1. The number of rotatable bonds is 9. The molecule has 1 amide bonds. The molecule has 0 unspecified atom stereocenters. The maximum atomic E-state index is 12.8. The zero-order chi connectivity index (χ0) is 25.3. The van der Waals surface area contributed by atoms with E-state index in [9.17, 15) is 4.79 Å². The van der Waals surface area contributed by atoms with Gasteiger partial charge in [-0.1, -0.05) is 72.8 Å². The van der Waals surface area contributed by atoms with Crippen LogP contribution in [0, 0.1) is 5.92 Å². The van der Waals surface area contributed by atoms with Crippen molar-refractivity contribution in [2.45, 2.75) is 36.5 Å². The lowest BCUT2D eigenvalue weighted by Gasteiger charge is -2.32. The highest BCUT2D eigenvalue weighted by Crippen LogP contribution is 2.24. The number of anilines is 1. The van der Waals surface area contributed by atoms with E-state index in [1.165, 1.54) is 40.8 Å². The van der Waals surface area contributed by atoms with Crippen molar-refractivity contribution in [2.24, 2.45) is 5.92 Å². The second-order valence-electron chi connectivity index (χ2n) is 9.86. The number of likely N-dealkylation sites (tertiary alicyclic amines) is 1. The van der Waals surface area contributed by atoms with Crippen molar-refractivity contribution in [3.63, 3.8) is 0 Å². The van der Waals surface area contributed by atoms with Crippen LogP contribution in [-0.4, -0.2) is 23.9 Å². The molecule has 4 aromatic carbocycles. The van der Waals surface area contributed by atoms with Crippen LogP contribution in [0.5, 0.6) is 0 Å². The second-order valence-corrected chi connectivity index (χ2v) is 10.9. The summed E-state index contributed by atoms with van der Waals surface area (Å²) >= 11 is 1.81. The van der Waals surface area contributed by atoms with Crippen molar-refractivity contribution in [2.75, 3.05) is 18.4 Å². The van der Waals surface area contributed by atoms with Crippen LogP contribution in [0.1, 0.15) is 39.9 Å². The van der Waals surface area contributed by atoms with Gasteiger partial charge in [0, 0.05) is 28.4 Å². The molecule has 0 atom stereocenters. The van der Waals surface area contributed by atoms with Gasteiger partial charge >= 0.3 is 0 Å². The number of amides is 1. The van der Waals surface area contributed by atoms with Gasteiger partial charge in [0.15, 0.2) is 0 Å². The molecule has 0 saturated carbocycles. The zero-order valence-corrected chi connectivity index (χ0v) is 22.0. The monoisotopic (exact) mass is 506 g/mol. The van der Waals surface area contributed by atoms with Crippen molar-refractivity contribution in [3.8, 4) is 0 Å². The minimum Gasteiger partial charge on any atom is -0.322 e. The first kappa shape index (κ1) is 25.3. The van der Waals surface area contributed by atoms with Crippen LogP contribution in [0.4, 0.5) is 5.69 Å². The summed E-state index contributed by atoms with van der Waals surface area (Å²) in [6, 6.07) is 37.4. The highest BCUT2D eigenvalue weighted by molar-refractivity contribution is 7.98. The Labute approximate surface area is 224 Å². The average molecular weight is 507 g/mol. The van der Waals surface area contributed by atoms with Gasteiger partial charge < -0.3 is 5.32 Å². The van der Waals surface area contributed by atoms with Crippen molar-refractivity contribution in [1.29, 1.82) is 0 Å². The Morgan fingerprint density at radius 3 is 2.03 bits per heavy atom. The number of benzene rings is 4. The summed E-state index contributed by atoms with van der Waals surface area (Å²) in [5.74, 6) is 1.62. The lowest BCUT2D eigenvalue weighted by Crippen LogP contribution is -2.33. The summed E-state index contributed by atoms with van der Waals surface area (Å²) < 4.78 is 0. The first-order valence-electron chi connectivity index (χ1n) is 13.1. The number of carbonyl (C=O) groups is 1. The molecular formula is C33H34N2OS. The summed E-state index contributed by atoms with van der Waals surface area (Å²) in [6.45, 7) is 3.22. The number of piperidine rings is 1. The second kappa shape index (κ2) is 12.8. The lowest BCUT2D eigenvalue weighted by molar-refractivity contribution is 0.102. The van der Waals surface area contributed by atoms with Gasteiger partial charge in [-0.15, -0.1) is 11.8 Å². The topological polar surface area (TPSA) is 32.3 Å². The van der Waals surface area contributed by atoms with Gasteiger partial charge in [0.2, 0.25) is 0 Å². The molecular weight excluding hydrogens is 472 g/mol. The third kappa shape index (κ3) is 7.58. The first-order valence-corrected chi connectivity index (χ1v) is 14.1. The Morgan fingerprint density at radius 1 is 0.730 bits per heavy atom. The van der Waals surface area contributed by atoms with E-state index in [1.807, 2.05) is 42.1 Å². The van der Waals surface area contributed by atoms with Crippen LogP contribution in [-0.2, 0) is 18.7 Å². The Hall–Kier alpha value is -3.34. The molecule has 1 fully saturated rings. The Kier molecular flexibility index (Phi) is 8.73. The van der Waals surface area contributed by atoms with Gasteiger partial charge in [0.05, 0.1) is 0 Å². The number of hydrogen-bond acceptors (Lipinski definition) is 3. The summed E-state index contributed by atoms with van der Waals surface area (Å²) in [6.07, 6.45) is 3.69. The fraction of sp³-hybridized carbons (Fsp3) is 0.242. The molecule has 1 saturated heterocycles. The van der Waals surface area contributed by atoms with E-state index in [4.69, 9.17) is 0 Å². The van der Waals surface area contributed by atoms with Crippen molar-refractivity contribution in [3.05, 3.63) is 131 Å². The fourth-order valence-electron chi connectivity index (χ4n) is 4.89. The van der Waals surface area contributed by atoms with E-state index >= 15 is 0 Å². The molecule has 0 spiro atoms. The average Bonchev–Trinajstić information content (AvgIpc) is 2.95. The predicted molar refractivity (Wildman–Crippen MR) is 155 cm³/mol. The number of hydrogen-bond donors (Lipinski definition) is 1. The largest absolute Gasteiger partial charge is 0.322 e. The van der Waals surface area contributed by atoms with Crippen LogP contribution in [0.3, 0.4) is 0 Å². The molecule has 1 N–H and O–H groups in total. The van der Waals surface area contributed by atoms with Gasteiger partial charge in [-0.3, -0.25) is 9.69 Å². The molecule has 188 valence electrons. The minimum atomic E-state index is -0.0697. The van der Waals surface area contributed by atoms with E-state index < -0.39 is 0 Å². The Morgan fingerprint density at radius 2 is 1.35 bits per heavy atom. The summed E-state index contributed by atoms with van der Waals surface area (Å²) in [5, 5.41) is 3.03. The molecule has 0 bridgehead atoms. The Bertz CT molecular complexity index is 1250. The number of nitrogens with zero attached hydrogens (tertiary/aromatic N) is 1. The molecule has 0 radical (unpaired) electrons. The van der Waals surface area contributed by atoms with E-state index in [1.54, 1.807) is 0 Å². The van der Waals surface area contributed by atoms with Crippen molar-refractivity contribution >= 4 is 23.4 Å². The summed E-state index contributed by atoms with van der Waals surface area (Å²) in [7, 11) is 0. The summed E-state index contributed by atoms with van der Waals surface area (Å²) in [5.41, 5.74) is 5.46. The maximum Gasteiger partial charge on any atom is 0.255 e. The van der Waals surface area contributed by atoms with E-state index in [-0.39, 0.29) is 5.91 Å². The minimum absolute atomic E-state index is 0.0697. The van der Waals surface area contributed by atoms with Gasteiger partial charge in [-0.05, 0) is 91.4 Å². The van der Waals surface area contributed by atoms with Crippen molar-refractivity contribution < 1.29 is 4.79 Å². The first-order chi connectivity index (χ1) is 18.2. The van der Waals surface area contributed by atoms with Crippen LogP contribution in [0.15, 0.2) is 114 Å². The fourth-order valence-corrected chi connectivity index (χ4v) is 5.76. The standard InChI is InChI=1S/C33H34N2OS/c36-33(34-31-17-13-29(14-18-31)25-37-32-9-5-2-6-10-32)30-15-11-28(12-16-30)24-35-21-19-27(20-22-35)23-26-7-3-1-4-8-26/h1-18,27H,19-25H2,(H,34,36). The zero-order valence-electron chi connectivity index (χ0n) is 21.2. The highest BCUT2D eigenvalue weighted by atomic mass is 32.2. The molecule has 1 aliphatic rings. The molecule has 1 aliphatic heterocycles. The number of carbonyl (C=O) groups excluding carboxylic acids is 1. The predicted octanol–water partition coefficient (Wildman–Crippen LogP) is 7.69. The Balaban J connectivity index is 1.06. The van der Waals surface area contributed by atoms with Crippen LogP contribution < -0.4 is 5.32 Å². The normalized spacial score (nSPS) is 14.4. The van der Waals surface area contributed by atoms with E-state index in [0.717, 1.165) is 37.0 Å². The highest BCUT2D eigenvalue weighted by Gasteiger charge is 2.19. The van der Waals surface area contributed by atoms with Gasteiger partial charge in [-0.25, -0.2) is 0 Å². The van der Waals surface area contributed by atoms with Crippen LogP contribution in [0.2, 0.25) is 0 Å². The molecule has 37 heavy (non-hydrogen) atoms. The smallest absolute Gasteiger partial charge is 0.255 e. The summed E-state index contributed by atoms with van der Waals surface area (Å²) in [4.78, 5) is 16.6. The molecule has 0 aromatic heterocycles. The van der Waals surface area contributed by atoms with Gasteiger partial charge in [-0.2, -0.15) is 0 Å². The maximum absolute atomic E-state index is 12.8. The molecule has 4 aromatic rings. The van der Waals surface area contributed by atoms with Crippen LogP contribution >= 0.6 is 11.8 Å². The molecule has 0 aliphatic carbocycles. The van der Waals surface area contributed by atoms with Gasteiger partial charge in [0.1, 0.15) is 0 Å². The third-order valence-electron chi connectivity index (χ3n) is 7.06. The van der Waals surface area contributed by atoms with Gasteiger partial charge in [0.25, 0.3) is 5.91 Å². The molecule has 1 heterocycles. The number of nitrogens with one attached hydrogen (secondary N) is 1. The molecule has 3 nitrogen and oxygen atoms in total.